The van der Waals surface area contributed by atoms with Crippen molar-refractivity contribution in [1.82, 2.24) is 0 Å². The molecule has 2 aromatic rings. The van der Waals surface area contributed by atoms with E-state index in [1.54, 1.807) is 0 Å². The van der Waals surface area contributed by atoms with Crippen LogP contribution in [0.5, 0.6) is 0 Å². The summed E-state index contributed by atoms with van der Waals surface area (Å²) in [4.78, 5) is 0. The van der Waals surface area contributed by atoms with Crippen LogP contribution in [0.4, 0.5) is 0 Å². The van der Waals surface area contributed by atoms with Gasteiger partial charge in [-0.25, -0.2) is 0 Å². The summed E-state index contributed by atoms with van der Waals surface area (Å²) in [5.74, 6) is 0. The van der Waals surface area contributed by atoms with Crippen LogP contribution in [0.1, 0.15) is 0 Å². The van der Waals surface area contributed by atoms with Gasteiger partial charge in [-0.1, -0.05) is 0 Å². The zero-order chi connectivity index (χ0) is 9.80. The predicted octanol–water partition coefficient (Wildman–Crippen LogP) is 1.99. The predicted molar refractivity (Wildman–Crippen MR) is 62.9 cm³/mol. The monoisotopic (exact) mass is 268 g/mol. The van der Waals surface area contributed by atoms with Gasteiger partial charge >= 0.3 is 95.1 Å². The molecule has 70 valence electrons. The van der Waals surface area contributed by atoms with Gasteiger partial charge in [-0.3, -0.25) is 0 Å². The first kappa shape index (κ1) is 9.79. The summed E-state index contributed by atoms with van der Waals surface area (Å²) in [6.07, 6.45) is 0. The van der Waals surface area contributed by atoms with E-state index in [-0.39, 0.29) is 0 Å². The Bertz CT molecular complexity index is 412. The molecular formula is C12H9ClSe. The summed E-state index contributed by atoms with van der Waals surface area (Å²) in [6, 6.07) is 18.6. The van der Waals surface area contributed by atoms with E-state index in [1.165, 1.54) is 8.92 Å². The molecule has 0 aliphatic carbocycles. The van der Waals surface area contributed by atoms with Crippen molar-refractivity contribution in [3.8, 4) is 0 Å². The maximum atomic E-state index is 5.92. The van der Waals surface area contributed by atoms with Crippen molar-refractivity contribution in [1.29, 1.82) is 0 Å². The molecule has 0 fully saturated rings. The molecule has 0 atom stereocenters. The van der Waals surface area contributed by atoms with E-state index in [9.17, 15) is 0 Å². The third-order valence-electron chi connectivity index (χ3n) is 1.77. The Hall–Kier alpha value is -0.751. The van der Waals surface area contributed by atoms with Gasteiger partial charge in [0, 0.05) is 0 Å². The minimum atomic E-state index is 0.367. The van der Waals surface area contributed by atoms with Crippen LogP contribution < -0.4 is 8.92 Å². The fourth-order valence-electron chi connectivity index (χ4n) is 1.16. The van der Waals surface area contributed by atoms with Gasteiger partial charge in [0.1, 0.15) is 0 Å². The van der Waals surface area contributed by atoms with Crippen LogP contribution in [0.2, 0.25) is 5.02 Å². The van der Waals surface area contributed by atoms with Crippen molar-refractivity contribution >= 4 is 35.5 Å². The number of rotatable bonds is 2. The maximum absolute atomic E-state index is 5.92. The number of hydrogen-bond donors (Lipinski definition) is 0. The molecular weight excluding hydrogens is 259 g/mol. The number of halogens is 1. The molecule has 0 saturated carbocycles. The summed E-state index contributed by atoms with van der Waals surface area (Å²) in [5.41, 5.74) is 0. The average molecular weight is 268 g/mol. The van der Waals surface area contributed by atoms with Gasteiger partial charge in [-0.2, -0.15) is 0 Å². The average Bonchev–Trinajstić information content (AvgIpc) is 2.19. The number of benzene rings is 2. The second-order valence-corrected chi connectivity index (χ2v) is 5.72. The third-order valence-corrected chi connectivity index (χ3v) is 4.10. The minimum absolute atomic E-state index is 0.367. The molecule has 0 aliphatic heterocycles. The molecule has 2 heteroatoms. The molecule has 0 nitrogen and oxygen atoms in total. The SMILES string of the molecule is Clc1cccc([Se]c2ccccc2)c1. The molecule has 0 bridgehead atoms. The van der Waals surface area contributed by atoms with Crippen molar-refractivity contribution in [2.75, 3.05) is 0 Å². The van der Waals surface area contributed by atoms with Crippen LogP contribution in [-0.4, -0.2) is 15.0 Å². The molecule has 0 amide bonds. The molecule has 0 N–H and O–H groups in total. The summed E-state index contributed by atoms with van der Waals surface area (Å²) >= 11 is 6.29. The van der Waals surface area contributed by atoms with E-state index in [0.717, 1.165) is 5.02 Å². The second kappa shape index (κ2) is 4.65. The first-order chi connectivity index (χ1) is 6.84. The Morgan fingerprint density at radius 3 is 2.21 bits per heavy atom. The molecule has 0 aromatic heterocycles. The third kappa shape index (κ3) is 2.62. The second-order valence-electron chi connectivity index (χ2n) is 2.87. The summed E-state index contributed by atoms with van der Waals surface area (Å²) in [6.45, 7) is 0. The van der Waals surface area contributed by atoms with Gasteiger partial charge in [0.25, 0.3) is 0 Å². The van der Waals surface area contributed by atoms with Crippen LogP contribution in [0.15, 0.2) is 54.6 Å². The first-order valence-corrected chi connectivity index (χ1v) is 6.42. The molecule has 0 unspecified atom stereocenters. The Morgan fingerprint density at radius 1 is 0.786 bits per heavy atom. The quantitative estimate of drug-likeness (QED) is 0.730. The first-order valence-electron chi connectivity index (χ1n) is 4.33. The van der Waals surface area contributed by atoms with Gasteiger partial charge in [-0.05, 0) is 0 Å². The van der Waals surface area contributed by atoms with Crippen LogP contribution in [0.25, 0.3) is 0 Å². The Morgan fingerprint density at radius 2 is 1.50 bits per heavy atom. The van der Waals surface area contributed by atoms with Crippen molar-refractivity contribution in [2.45, 2.75) is 0 Å². The normalized spacial score (nSPS) is 10.1. The van der Waals surface area contributed by atoms with Gasteiger partial charge in [0.2, 0.25) is 0 Å². The molecule has 0 radical (unpaired) electrons. The van der Waals surface area contributed by atoms with E-state index in [4.69, 9.17) is 11.6 Å². The zero-order valence-electron chi connectivity index (χ0n) is 7.48. The fourth-order valence-corrected chi connectivity index (χ4v) is 3.38. The summed E-state index contributed by atoms with van der Waals surface area (Å²) < 4.78 is 2.69. The zero-order valence-corrected chi connectivity index (χ0v) is 9.95. The standard InChI is InChI=1S/C12H9ClSe/c13-10-5-4-8-12(9-10)14-11-6-2-1-3-7-11/h1-9H. The Kier molecular flexibility index (Phi) is 3.26. The number of hydrogen-bond acceptors (Lipinski definition) is 0. The van der Waals surface area contributed by atoms with E-state index in [1.807, 2.05) is 24.3 Å². The Balaban J connectivity index is 2.19. The van der Waals surface area contributed by atoms with E-state index in [0.29, 0.717) is 15.0 Å². The van der Waals surface area contributed by atoms with Crippen LogP contribution in [0.3, 0.4) is 0 Å². The van der Waals surface area contributed by atoms with Crippen LogP contribution >= 0.6 is 11.6 Å². The van der Waals surface area contributed by atoms with Crippen LogP contribution in [-0.2, 0) is 0 Å². The summed E-state index contributed by atoms with van der Waals surface area (Å²) in [7, 11) is 0. The van der Waals surface area contributed by atoms with Crippen molar-refractivity contribution in [3.63, 3.8) is 0 Å². The fraction of sp³-hybridized carbons (Fsp3) is 0. The van der Waals surface area contributed by atoms with Gasteiger partial charge in [0.15, 0.2) is 0 Å². The molecule has 0 heterocycles. The molecule has 0 aliphatic rings. The molecule has 0 saturated heterocycles. The van der Waals surface area contributed by atoms with Gasteiger partial charge in [0.05, 0.1) is 0 Å². The van der Waals surface area contributed by atoms with Crippen molar-refractivity contribution in [3.05, 3.63) is 59.6 Å². The van der Waals surface area contributed by atoms with Crippen molar-refractivity contribution in [2.24, 2.45) is 0 Å². The molecule has 0 spiro atoms. The molecule has 2 aromatic carbocycles. The van der Waals surface area contributed by atoms with E-state index in [2.05, 4.69) is 30.3 Å². The van der Waals surface area contributed by atoms with Crippen molar-refractivity contribution < 1.29 is 0 Å². The molecule has 14 heavy (non-hydrogen) atoms. The molecule has 2 rings (SSSR count). The van der Waals surface area contributed by atoms with E-state index >= 15 is 0 Å². The summed E-state index contributed by atoms with van der Waals surface area (Å²) in [5, 5.41) is 0.820. The van der Waals surface area contributed by atoms with Crippen LogP contribution in [0, 0.1) is 0 Å². The van der Waals surface area contributed by atoms with Gasteiger partial charge in [-0.15, -0.1) is 0 Å². The van der Waals surface area contributed by atoms with E-state index < -0.39 is 0 Å². The van der Waals surface area contributed by atoms with Gasteiger partial charge < -0.3 is 0 Å². The Labute approximate surface area is 95.1 Å². The topological polar surface area (TPSA) is 0 Å².